The molecule has 0 saturated heterocycles. The normalized spacial score (nSPS) is 11.3. The standard InChI is InChI=1S/C23H23B.C22H19B.6C2H6/c1-15-8-5-9-16(2)21(15)24-22-17(3)10-6-12-19(22)14-20-13-7-11-18(4)23(20)24;1-14-6-3-8-16-12-18-10-5-11-19-13-17-9-4-7-15(2)21(17)23(20(14)16)22(18)19;6*1-2/h5-13H,14H2,1-4H3;3-11H,12-13H2,1-2H3;6*1-2H3. The summed E-state index contributed by atoms with van der Waals surface area (Å²) in [5.74, 6) is 0. The molecule has 0 fully saturated rings. The van der Waals surface area contributed by atoms with Gasteiger partial charge in [0.2, 0.25) is 13.4 Å². The van der Waals surface area contributed by atoms with E-state index in [1.54, 1.807) is 16.4 Å². The van der Waals surface area contributed by atoms with Gasteiger partial charge < -0.3 is 0 Å². The number of hydrogen-bond donors (Lipinski definition) is 0. The van der Waals surface area contributed by atoms with Crippen molar-refractivity contribution in [1.29, 1.82) is 0 Å². The Balaban J connectivity index is 0.000000325. The SMILES string of the molecule is CC.CC.CC.CC.CC.CC.Cc1cccc(C)c1B1c2c(C)cccc2Cc2cccc(C)c21.Cc1cccc2c1B1c3c(C)cccc3Cc3cccc(c31)C2. The Morgan fingerprint density at radius 2 is 0.407 bits per heavy atom. The minimum Gasteiger partial charge on any atom is -0.0683 e. The molecule has 0 saturated carbocycles. The molecule has 3 heterocycles. The molecule has 59 heavy (non-hydrogen) atoms. The van der Waals surface area contributed by atoms with E-state index in [1.807, 2.05) is 83.1 Å². The molecule has 9 rings (SSSR count). The van der Waals surface area contributed by atoms with Gasteiger partial charge in [0, 0.05) is 0 Å². The Morgan fingerprint density at radius 1 is 0.237 bits per heavy atom. The highest BCUT2D eigenvalue weighted by molar-refractivity contribution is 6.98. The van der Waals surface area contributed by atoms with Crippen LogP contribution in [-0.4, -0.2) is 13.4 Å². The van der Waals surface area contributed by atoms with Crippen molar-refractivity contribution in [2.24, 2.45) is 0 Å². The van der Waals surface area contributed by atoms with Gasteiger partial charge in [0.05, 0.1) is 0 Å². The fraction of sp³-hybridized carbons (Fsp3) is 0.368. The highest BCUT2D eigenvalue weighted by Gasteiger charge is 2.38. The summed E-state index contributed by atoms with van der Waals surface area (Å²) in [5, 5.41) is 0. The molecule has 6 aromatic carbocycles. The van der Waals surface area contributed by atoms with E-state index >= 15 is 0 Å². The van der Waals surface area contributed by atoms with Crippen LogP contribution >= 0.6 is 0 Å². The lowest BCUT2D eigenvalue weighted by atomic mass is 9.29. The minimum atomic E-state index is 0.354. The number of benzene rings is 6. The number of hydrogen-bond acceptors (Lipinski definition) is 0. The lowest BCUT2D eigenvalue weighted by Crippen LogP contribution is -2.62. The largest absolute Gasteiger partial charge is 0.243 e. The Morgan fingerprint density at radius 3 is 0.661 bits per heavy atom. The van der Waals surface area contributed by atoms with Crippen LogP contribution in [-0.2, 0) is 19.3 Å². The summed E-state index contributed by atoms with van der Waals surface area (Å²) in [5.41, 5.74) is 26.8. The number of rotatable bonds is 1. The van der Waals surface area contributed by atoms with Crippen molar-refractivity contribution in [3.63, 3.8) is 0 Å². The molecule has 0 unspecified atom stereocenters. The predicted octanol–water partition coefficient (Wildman–Crippen LogP) is 12.1. The van der Waals surface area contributed by atoms with Gasteiger partial charge >= 0.3 is 0 Å². The van der Waals surface area contributed by atoms with E-state index in [9.17, 15) is 0 Å². The van der Waals surface area contributed by atoms with Gasteiger partial charge in [-0.1, -0.05) is 258 Å². The van der Waals surface area contributed by atoms with E-state index in [0.29, 0.717) is 13.4 Å². The van der Waals surface area contributed by atoms with Crippen molar-refractivity contribution in [1.82, 2.24) is 0 Å². The molecule has 0 atom stereocenters. The first-order chi connectivity index (χ1) is 28.8. The van der Waals surface area contributed by atoms with Crippen LogP contribution in [0.25, 0.3) is 0 Å². The first kappa shape index (κ1) is 50.6. The Kier molecular flexibility index (Phi) is 21.6. The summed E-state index contributed by atoms with van der Waals surface area (Å²) in [6, 6.07) is 40.8. The molecular weight excluding hydrogens is 706 g/mol. The van der Waals surface area contributed by atoms with Crippen molar-refractivity contribution in [2.75, 3.05) is 0 Å². The van der Waals surface area contributed by atoms with E-state index in [-0.39, 0.29) is 0 Å². The second kappa shape index (κ2) is 25.2. The zero-order chi connectivity index (χ0) is 44.4. The van der Waals surface area contributed by atoms with E-state index in [0.717, 1.165) is 19.3 Å². The van der Waals surface area contributed by atoms with Crippen molar-refractivity contribution < 1.29 is 0 Å². The lowest BCUT2D eigenvalue weighted by molar-refractivity contribution is 1.14. The van der Waals surface area contributed by atoms with Gasteiger partial charge in [-0.15, -0.1) is 0 Å². The second-order valence-corrected chi connectivity index (χ2v) is 14.3. The van der Waals surface area contributed by atoms with Crippen molar-refractivity contribution in [2.45, 2.75) is 144 Å². The first-order valence-electron chi connectivity index (χ1n) is 23.3. The predicted molar refractivity (Wildman–Crippen MR) is 273 cm³/mol. The van der Waals surface area contributed by atoms with Crippen molar-refractivity contribution in [3.8, 4) is 0 Å². The molecule has 2 heteroatoms. The lowest BCUT2D eigenvalue weighted by Gasteiger charge is -2.35. The van der Waals surface area contributed by atoms with Gasteiger partial charge in [0.15, 0.2) is 0 Å². The van der Waals surface area contributed by atoms with Crippen LogP contribution in [0, 0.1) is 41.5 Å². The summed E-state index contributed by atoms with van der Waals surface area (Å²) in [6.45, 7) is 38.4. The van der Waals surface area contributed by atoms with Gasteiger partial charge in [-0.05, 0) is 94.2 Å². The van der Waals surface area contributed by atoms with Crippen LogP contribution in [0.1, 0.15) is 150 Å². The number of fused-ring (bicyclic) bond motifs is 6. The number of aryl methyl sites for hydroxylation is 6. The fourth-order valence-electron chi connectivity index (χ4n) is 9.34. The van der Waals surface area contributed by atoms with Gasteiger partial charge in [-0.2, -0.15) is 0 Å². The summed E-state index contributed by atoms with van der Waals surface area (Å²) in [7, 11) is 0. The van der Waals surface area contributed by atoms with E-state index in [1.165, 1.54) is 83.1 Å². The topological polar surface area (TPSA) is 0 Å². The molecule has 3 aliphatic heterocycles. The maximum atomic E-state index is 2.33. The molecule has 0 bridgehead atoms. The van der Waals surface area contributed by atoms with Gasteiger partial charge in [0.1, 0.15) is 0 Å². The van der Waals surface area contributed by atoms with Crippen LogP contribution in [0.5, 0.6) is 0 Å². The molecule has 3 aliphatic rings. The molecular formula is C57H78B2. The zero-order valence-corrected chi connectivity index (χ0v) is 40.7. The molecule has 0 amide bonds. The Labute approximate surface area is 364 Å². The smallest absolute Gasteiger partial charge is 0.0683 e. The highest BCUT2D eigenvalue weighted by atomic mass is 14.2. The van der Waals surface area contributed by atoms with Crippen molar-refractivity contribution in [3.05, 3.63) is 176 Å². The van der Waals surface area contributed by atoms with E-state index < -0.39 is 0 Å². The van der Waals surface area contributed by atoms with Crippen LogP contribution < -0.4 is 32.8 Å². The molecule has 0 N–H and O–H groups in total. The van der Waals surface area contributed by atoms with Crippen molar-refractivity contribution >= 4 is 46.2 Å². The van der Waals surface area contributed by atoms with Crippen LogP contribution in [0.2, 0.25) is 0 Å². The maximum absolute atomic E-state index is 2.33. The molecule has 312 valence electrons. The second-order valence-electron chi connectivity index (χ2n) is 14.3. The van der Waals surface area contributed by atoms with E-state index in [2.05, 4.69) is 151 Å². The third-order valence-electron chi connectivity index (χ3n) is 11.4. The zero-order valence-electron chi connectivity index (χ0n) is 40.7. The molecule has 0 radical (unpaired) electrons. The molecule has 0 aliphatic carbocycles. The third-order valence-corrected chi connectivity index (χ3v) is 11.4. The van der Waals surface area contributed by atoms with Gasteiger partial charge in [-0.25, -0.2) is 0 Å². The van der Waals surface area contributed by atoms with Gasteiger partial charge in [0.25, 0.3) is 0 Å². The van der Waals surface area contributed by atoms with Gasteiger partial charge in [-0.3, -0.25) is 0 Å². The summed E-state index contributed by atoms with van der Waals surface area (Å²) < 4.78 is 0. The monoisotopic (exact) mass is 785 g/mol. The Bertz CT molecular complexity index is 1990. The minimum absolute atomic E-state index is 0.354. The molecule has 0 aromatic heterocycles. The Hall–Kier alpha value is -4.55. The maximum Gasteiger partial charge on any atom is 0.243 e. The first-order valence-corrected chi connectivity index (χ1v) is 23.3. The molecule has 0 nitrogen and oxygen atoms in total. The summed E-state index contributed by atoms with van der Waals surface area (Å²) in [4.78, 5) is 0. The average molecular weight is 785 g/mol. The molecule has 6 aromatic rings. The third kappa shape index (κ3) is 10.6. The molecule has 0 spiro atoms. The average Bonchev–Trinajstić information content (AvgIpc) is 3.28. The summed E-state index contributed by atoms with van der Waals surface area (Å²) >= 11 is 0. The van der Waals surface area contributed by atoms with Crippen LogP contribution in [0.3, 0.4) is 0 Å². The van der Waals surface area contributed by atoms with E-state index in [4.69, 9.17) is 0 Å². The quantitative estimate of drug-likeness (QED) is 0.145. The highest BCUT2D eigenvalue weighted by Crippen LogP contribution is 2.24. The fourth-order valence-corrected chi connectivity index (χ4v) is 9.34. The summed E-state index contributed by atoms with van der Waals surface area (Å²) in [6.07, 6.45) is 3.21. The van der Waals surface area contributed by atoms with Crippen LogP contribution in [0.4, 0.5) is 0 Å². The van der Waals surface area contributed by atoms with Crippen LogP contribution in [0.15, 0.2) is 109 Å².